The maximum absolute atomic E-state index is 12.6. The molecule has 5 nitrogen and oxygen atoms in total. The number of aromatic nitrogens is 1. The number of nitrogens with zero attached hydrogens (tertiary/aromatic N) is 1. The molecule has 0 atom stereocenters. The minimum Gasteiger partial charge on any atom is -0.495 e. The first-order valence-electron chi connectivity index (χ1n) is 8.55. The van der Waals surface area contributed by atoms with Crippen molar-refractivity contribution < 1.29 is 9.53 Å². The summed E-state index contributed by atoms with van der Waals surface area (Å²) in [5, 5.41) is 6.65. The van der Waals surface area contributed by atoms with Gasteiger partial charge >= 0.3 is 0 Å². The minimum atomic E-state index is -0.296. The van der Waals surface area contributed by atoms with Crippen molar-refractivity contribution in [2.75, 3.05) is 17.7 Å². The van der Waals surface area contributed by atoms with Gasteiger partial charge in [-0.05, 0) is 42.3 Å². The zero-order valence-corrected chi connectivity index (χ0v) is 15.9. The maximum Gasteiger partial charge on any atom is 0.257 e. The van der Waals surface area contributed by atoms with Crippen LogP contribution >= 0.6 is 11.6 Å². The molecular formula is C21H20ClN3O2. The van der Waals surface area contributed by atoms with Crippen LogP contribution in [0.15, 0.2) is 60.9 Å². The van der Waals surface area contributed by atoms with E-state index in [1.165, 1.54) is 18.9 Å². The Bertz CT molecular complexity index is 960. The maximum atomic E-state index is 12.6. The molecule has 0 aliphatic carbocycles. The second-order valence-corrected chi connectivity index (χ2v) is 6.33. The normalized spacial score (nSPS) is 10.3. The van der Waals surface area contributed by atoms with E-state index in [0.717, 1.165) is 17.8 Å². The van der Waals surface area contributed by atoms with Crippen molar-refractivity contribution >= 4 is 34.6 Å². The van der Waals surface area contributed by atoms with Gasteiger partial charge in [0.05, 0.1) is 30.2 Å². The summed E-state index contributed by atoms with van der Waals surface area (Å²) < 4.78 is 5.26. The molecule has 2 aromatic carbocycles. The van der Waals surface area contributed by atoms with Crippen LogP contribution in [-0.4, -0.2) is 18.0 Å². The predicted octanol–water partition coefficient (Wildman–Crippen LogP) is 5.30. The van der Waals surface area contributed by atoms with Crippen molar-refractivity contribution in [2.24, 2.45) is 0 Å². The molecule has 0 aliphatic rings. The Morgan fingerprint density at radius 1 is 1.11 bits per heavy atom. The molecule has 1 heterocycles. The molecule has 1 aromatic heterocycles. The number of methoxy groups -OCH3 is 1. The highest BCUT2D eigenvalue weighted by atomic mass is 35.5. The first-order chi connectivity index (χ1) is 13.1. The minimum absolute atomic E-state index is 0.296. The van der Waals surface area contributed by atoms with Crippen LogP contribution in [-0.2, 0) is 6.42 Å². The summed E-state index contributed by atoms with van der Waals surface area (Å²) in [6.45, 7) is 2.10. The molecule has 138 valence electrons. The van der Waals surface area contributed by atoms with Crippen molar-refractivity contribution in [1.82, 2.24) is 4.98 Å². The van der Waals surface area contributed by atoms with Gasteiger partial charge in [0.1, 0.15) is 5.75 Å². The topological polar surface area (TPSA) is 63.2 Å². The van der Waals surface area contributed by atoms with Crippen molar-refractivity contribution in [3.8, 4) is 5.75 Å². The number of halogens is 1. The fraction of sp³-hybridized carbons (Fsp3) is 0.143. The number of hydrogen-bond acceptors (Lipinski definition) is 4. The Morgan fingerprint density at radius 2 is 1.93 bits per heavy atom. The van der Waals surface area contributed by atoms with Gasteiger partial charge in [-0.1, -0.05) is 36.7 Å². The highest BCUT2D eigenvalue weighted by Crippen LogP contribution is 2.28. The summed E-state index contributed by atoms with van der Waals surface area (Å²) in [4.78, 5) is 16.8. The summed E-state index contributed by atoms with van der Waals surface area (Å²) in [5.41, 5.74) is 3.86. The number of rotatable bonds is 6. The predicted molar refractivity (Wildman–Crippen MR) is 109 cm³/mol. The Morgan fingerprint density at radius 3 is 2.70 bits per heavy atom. The van der Waals surface area contributed by atoms with E-state index in [1.54, 1.807) is 30.5 Å². The van der Waals surface area contributed by atoms with Crippen LogP contribution in [0, 0.1) is 0 Å². The van der Waals surface area contributed by atoms with E-state index in [2.05, 4.69) is 28.6 Å². The molecular weight excluding hydrogens is 362 g/mol. The summed E-state index contributed by atoms with van der Waals surface area (Å²) in [6, 6.07) is 14.8. The molecule has 0 aliphatic heterocycles. The Labute approximate surface area is 163 Å². The fourth-order valence-corrected chi connectivity index (χ4v) is 2.88. The number of anilines is 3. The molecule has 0 saturated carbocycles. The lowest BCUT2D eigenvalue weighted by molar-refractivity contribution is 0.102. The zero-order chi connectivity index (χ0) is 19.2. The van der Waals surface area contributed by atoms with Gasteiger partial charge in [-0.2, -0.15) is 0 Å². The van der Waals surface area contributed by atoms with Crippen LogP contribution in [0.4, 0.5) is 17.1 Å². The molecule has 0 radical (unpaired) electrons. The van der Waals surface area contributed by atoms with Crippen LogP contribution in [0.2, 0.25) is 5.02 Å². The van der Waals surface area contributed by atoms with Crippen molar-refractivity contribution in [1.29, 1.82) is 0 Å². The van der Waals surface area contributed by atoms with Gasteiger partial charge in [0, 0.05) is 16.9 Å². The first-order valence-corrected chi connectivity index (χ1v) is 8.93. The lowest BCUT2D eigenvalue weighted by atomic mass is 10.1. The van der Waals surface area contributed by atoms with Gasteiger partial charge in [0.2, 0.25) is 0 Å². The van der Waals surface area contributed by atoms with Gasteiger partial charge in [0.25, 0.3) is 5.91 Å². The third kappa shape index (κ3) is 4.57. The number of carbonyl (C=O) groups excluding carboxylic acids is 1. The standard InChI is InChI=1S/C21H20ClN3O2/c1-3-14-6-4-5-7-18(14)24-17-10-15(12-23-13-17)21(26)25-19-11-16(22)8-9-20(19)27-2/h4-13,24H,3H2,1-2H3,(H,25,26). The number of amides is 1. The lowest BCUT2D eigenvalue weighted by Crippen LogP contribution is -2.13. The van der Waals surface area contributed by atoms with E-state index >= 15 is 0 Å². The van der Waals surface area contributed by atoms with Gasteiger partial charge in [-0.3, -0.25) is 9.78 Å². The smallest absolute Gasteiger partial charge is 0.257 e. The zero-order valence-electron chi connectivity index (χ0n) is 15.1. The van der Waals surface area contributed by atoms with E-state index in [-0.39, 0.29) is 5.91 Å². The molecule has 3 aromatic rings. The largest absolute Gasteiger partial charge is 0.495 e. The van der Waals surface area contributed by atoms with Gasteiger partial charge < -0.3 is 15.4 Å². The summed E-state index contributed by atoms with van der Waals surface area (Å²) in [5.74, 6) is 0.238. The lowest BCUT2D eigenvalue weighted by Gasteiger charge is -2.13. The molecule has 1 amide bonds. The second kappa shape index (κ2) is 8.56. The van der Waals surface area contributed by atoms with Crippen LogP contribution in [0.1, 0.15) is 22.8 Å². The van der Waals surface area contributed by atoms with E-state index in [9.17, 15) is 4.79 Å². The van der Waals surface area contributed by atoms with E-state index in [0.29, 0.717) is 22.0 Å². The molecule has 3 rings (SSSR count). The third-order valence-electron chi connectivity index (χ3n) is 4.09. The Hall–Kier alpha value is -3.05. The molecule has 6 heteroatoms. The van der Waals surface area contributed by atoms with Crippen LogP contribution in [0.25, 0.3) is 0 Å². The number of aryl methyl sites for hydroxylation is 1. The van der Waals surface area contributed by atoms with E-state index in [4.69, 9.17) is 16.3 Å². The average Bonchev–Trinajstić information content (AvgIpc) is 2.69. The van der Waals surface area contributed by atoms with Gasteiger partial charge in [-0.25, -0.2) is 0 Å². The van der Waals surface area contributed by atoms with Crippen LogP contribution < -0.4 is 15.4 Å². The number of para-hydroxylation sites is 1. The van der Waals surface area contributed by atoms with Crippen molar-refractivity contribution in [3.05, 3.63) is 77.1 Å². The quantitative estimate of drug-likeness (QED) is 0.608. The number of benzene rings is 2. The molecule has 27 heavy (non-hydrogen) atoms. The molecule has 0 bridgehead atoms. The van der Waals surface area contributed by atoms with Gasteiger partial charge in [0.15, 0.2) is 0 Å². The summed E-state index contributed by atoms with van der Waals surface area (Å²) in [6.07, 6.45) is 4.11. The Kier molecular flexibility index (Phi) is 5.94. The second-order valence-electron chi connectivity index (χ2n) is 5.90. The molecule has 0 unspecified atom stereocenters. The van der Waals surface area contributed by atoms with Crippen LogP contribution in [0.3, 0.4) is 0 Å². The van der Waals surface area contributed by atoms with Crippen LogP contribution in [0.5, 0.6) is 5.75 Å². The summed E-state index contributed by atoms with van der Waals surface area (Å²) in [7, 11) is 1.54. The molecule has 2 N–H and O–H groups in total. The number of ether oxygens (including phenoxy) is 1. The number of carbonyl (C=O) groups is 1. The number of pyridine rings is 1. The monoisotopic (exact) mass is 381 g/mol. The first kappa shape index (κ1) is 18.7. The van der Waals surface area contributed by atoms with E-state index < -0.39 is 0 Å². The summed E-state index contributed by atoms with van der Waals surface area (Å²) >= 11 is 6.02. The molecule has 0 saturated heterocycles. The highest BCUT2D eigenvalue weighted by Gasteiger charge is 2.12. The third-order valence-corrected chi connectivity index (χ3v) is 4.32. The number of nitrogens with one attached hydrogen (secondary N) is 2. The highest BCUT2D eigenvalue weighted by molar-refractivity contribution is 6.31. The van der Waals surface area contributed by atoms with Gasteiger partial charge in [-0.15, -0.1) is 0 Å². The molecule has 0 fully saturated rings. The van der Waals surface area contributed by atoms with Crippen molar-refractivity contribution in [3.63, 3.8) is 0 Å². The van der Waals surface area contributed by atoms with Crippen molar-refractivity contribution in [2.45, 2.75) is 13.3 Å². The average molecular weight is 382 g/mol. The van der Waals surface area contributed by atoms with E-state index in [1.807, 2.05) is 18.2 Å². The molecule has 0 spiro atoms. The fourth-order valence-electron chi connectivity index (χ4n) is 2.71. The Balaban J connectivity index is 1.81. The SMILES string of the molecule is CCc1ccccc1Nc1cncc(C(=O)Nc2cc(Cl)ccc2OC)c1. The number of hydrogen-bond donors (Lipinski definition) is 2.